The van der Waals surface area contributed by atoms with Gasteiger partial charge in [0.15, 0.2) is 5.76 Å². The highest BCUT2D eigenvalue weighted by Gasteiger charge is 2.51. The molecular weight excluding hydrogens is 492 g/mol. The van der Waals surface area contributed by atoms with E-state index in [1.165, 1.54) is 0 Å². The van der Waals surface area contributed by atoms with Gasteiger partial charge in [-0.25, -0.2) is 4.79 Å². The van der Waals surface area contributed by atoms with Crippen molar-refractivity contribution in [3.63, 3.8) is 0 Å². The van der Waals surface area contributed by atoms with Gasteiger partial charge < -0.3 is 14.4 Å². The third kappa shape index (κ3) is 4.69. The summed E-state index contributed by atoms with van der Waals surface area (Å²) in [7, 11) is 0. The molecule has 1 atom stereocenters. The quantitative estimate of drug-likeness (QED) is 0.279. The van der Waals surface area contributed by atoms with Gasteiger partial charge in [0.2, 0.25) is 0 Å². The Morgan fingerprint density at radius 3 is 2.23 bits per heavy atom. The second-order valence-corrected chi connectivity index (χ2v) is 10.4. The van der Waals surface area contributed by atoms with E-state index in [2.05, 4.69) is 17.3 Å². The zero-order chi connectivity index (χ0) is 27.0. The molecule has 1 aliphatic carbocycles. The number of nitrogens with zero attached hydrogens (tertiary/aromatic N) is 2. The van der Waals surface area contributed by atoms with Crippen LogP contribution in [0.25, 0.3) is 22.5 Å². The molecule has 39 heavy (non-hydrogen) atoms. The van der Waals surface area contributed by atoms with Crippen LogP contribution in [0.15, 0.2) is 83.4 Å². The maximum Gasteiger partial charge on any atom is 0.410 e. The minimum Gasteiger partial charge on any atom is -0.481 e. The molecule has 0 unspecified atom stereocenters. The maximum atomic E-state index is 12.7. The number of carboxylic acid groups (broad SMARTS) is 1. The predicted molar refractivity (Wildman–Crippen MR) is 146 cm³/mol. The van der Waals surface area contributed by atoms with Gasteiger partial charge in [-0.15, -0.1) is 0 Å². The fourth-order valence-electron chi connectivity index (χ4n) is 5.47. The molecular formula is C32H30N2O5. The van der Waals surface area contributed by atoms with E-state index in [-0.39, 0.29) is 12.1 Å². The number of carbonyl (C=O) groups is 2. The molecule has 1 aliphatic heterocycles. The Kier molecular flexibility index (Phi) is 6.43. The van der Waals surface area contributed by atoms with Crippen LogP contribution in [0.1, 0.15) is 42.1 Å². The zero-order valence-corrected chi connectivity index (χ0v) is 21.8. The van der Waals surface area contributed by atoms with Crippen molar-refractivity contribution in [3.05, 3.63) is 101 Å². The smallest absolute Gasteiger partial charge is 0.410 e. The lowest BCUT2D eigenvalue weighted by Gasteiger charge is -2.21. The van der Waals surface area contributed by atoms with Gasteiger partial charge in [0.1, 0.15) is 6.61 Å². The third-order valence-corrected chi connectivity index (χ3v) is 8.00. The summed E-state index contributed by atoms with van der Waals surface area (Å²) in [6.45, 7) is 2.75. The molecule has 2 aliphatic rings. The van der Waals surface area contributed by atoms with Crippen LogP contribution in [0.5, 0.6) is 0 Å². The molecule has 6 rings (SSSR count). The average molecular weight is 523 g/mol. The van der Waals surface area contributed by atoms with E-state index in [1.807, 2.05) is 73.7 Å². The molecule has 1 amide bonds. The lowest BCUT2D eigenvalue weighted by Crippen LogP contribution is -2.34. The Morgan fingerprint density at radius 2 is 1.62 bits per heavy atom. The van der Waals surface area contributed by atoms with Crippen molar-refractivity contribution in [2.75, 3.05) is 6.61 Å². The van der Waals surface area contributed by atoms with Gasteiger partial charge in [-0.1, -0.05) is 90.9 Å². The van der Waals surface area contributed by atoms with Gasteiger partial charge in [0.25, 0.3) is 0 Å². The molecule has 0 bridgehead atoms. The summed E-state index contributed by atoms with van der Waals surface area (Å²) in [6.07, 6.45) is 2.47. The number of cyclic esters (lactones) is 1. The molecule has 2 heterocycles. The number of hydrogen-bond donors (Lipinski definition) is 1. The minimum atomic E-state index is -0.748. The molecule has 7 heteroatoms. The Labute approximate surface area is 227 Å². The van der Waals surface area contributed by atoms with E-state index in [0.29, 0.717) is 38.2 Å². The van der Waals surface area contributed by atoms with Crippen LogP contribution in [0.3, 0.4) is 0 Å². The van der Waals surface area contributed by atoms with Crippen LogP contribution in [0.4, 0.5) is 4.79 Å². The Hall–Kier alpha value is -4.39. The van der Waals surface area contributed by atoms with E-state index < -0.39 is 11.4 Å². The van der Waals surface area contributed by atoms with Gasteiger partial charge in [-0.2, -0.15) is 0 Å². The van der Waals surface area contributed by atoms with Crippen molar-refractivity contribution >= 4 is 12.1 Å². The van der Waals surface area contributed by atoms with Crippen molar-refractivity contribution in [2.45, 2.75) is 50.6 Å². The van der Waals surface area contributed by atoms with Crippen LogP contribution in [0.2, 0.25) is 0 Å². The molecule has 1 saturated heterocycles. The number of ether oxygens (including phenoxy) is 1. The van der Waals surface area contributed by atoms with E-state index in [0.717, 1.165) is 45.5 Å². The first-order chi connectivity index (χ1) is 19.0. The summed E-state index contributed by atoms with van der Waals surface area (Å²) in [4.78, 5) is 26.1. The normalized spacial score (nSPS) is 17.7. The number of aryl methyl sites for hydroxylation is 1. The second kappa shape index (κ2) is 10.1. The molecule has 198 valence electrons. The van der Waals surface area contributed by atoms with Crippen LogP contribution in [-0.2, 0) is 34.3 Å². The highest BCUT2D eigenvalue weighted by atomic mass is 16.6. The minimum absolute atomic E-state index is 0.0615. The molecule has 1 aromatic heterocycles. The molecule has 1 saturated carbocycles. The first kappa shape index (κ1) is 24.9. The van der Waals surface area contributed by atoms with E-state index in [9.17, 15) is 14.7 Å². The monoisotopic (exact) mass is 522 g/mol. The molecule has 4 aromatic rings. The third-order valence-electron chi connectivity index (χ3n) is 8.00. The summed E-state index contributed by atoms with van der Waals surface area (Å²) < 4.78 is 11.2. The summed E-state index contributed by atoms with van der Waals surface area (Å²) in [6, 6.07) is 25.9. The molecule has 7 nitrogen and oxygen atoms in total. The van der Waals surface area contributed by atoms with Crippen LogP contribution in [0, 0.1) is 0 Å². The highest BCUT2D eigenvalue weighted by Crippen LogP contribution is 2.48. The van der Waals surface area contributed by atoms with Crippen LogP contribution >= 0.6 is 0 Å². The van der Waals surface area contributed by atoms with Gasteiger partial charge in [0, 0.05) is 11.1 Å². The first-order valence-electron chi connectivity index (χ1n) is 13.4. The van der Waals surface area contributed by atoms with Gasteiger partial charge >= 0.3 is 12.1 Å². The predicted octanol–water partition coefficient (Wildman–Crippen LogP) is 6.25. The number of carboxylic acids is 1. The molecule has 0 radical (unpaired) electrons. The van der Waals surface area contributed by atoms with E-state index in [4.69, 9.17) is 9.26 Å². The number of rotatable bonds is 9. The van der Waals surface area contributed by atoms with Gasteiger partial charge in [-0.05, 0) is 47.9 Å². The first-order valence-corrected chi connectivity index (χ1v) is 13.4. The van der Waals surface area contributed by atoms with Crippen LogP contribution < -0.4 is 0 Å². The van der Waals surface area contributed by atoms with Crippen molar-refractivity contribution in [2.24, 2.45) is 0 Å². The van der Waals surface area contributed by atoms with Crippen molar-refractivity contribution in [1.82, 2.24) is 10.1 Å². The number of hydrogen-bond acceptors (Lipinski definition) is 5. The topological polar surface area (TPSA) is 92.9 Å². The molecule has 1 N–H and O–H groups in total. The fourth-order valence-corrected chi connectivity index (χ4v) is 5.47. The van der Waals surface area contributed by atoms with Crippen LogP contribution in [-0.4, -0.2) is 39.9 Å². The standard InChI is InChI=1S/C32H30N2O5/c1-2-28-27(19-34-26(20-38-31(34)37)18-21-6-4-3-5-7-21)29(39-33-28)24-10-8-22(9-11-24)23-12-14-25(15-13-23)32(16-17-32)30(35)36/h3-15,26H,2,16-20H2,1H3,(H,35,36)/t26-/m0/s1. The number of amides is 1. The number of carbonyl (C=O) groups excluding carboxylic acids is 1. The fraction of sp³-hybridized carbons (Fsp3) is 0.281. The second-order valence-electron chi connectivity index (χ2n) is 10.4. The largest absolute Gasteiger partial charge is 0.481 e. The SMILES string of the molecule is CCc1noc(-c2ccc(-c3ccc(C4(C(=O)O)CC4)cc3)cc2)c1CN1C(=O)OC[C@@H]1Cc1ccccc1. The van der Waals surface area contributed by atoms with Gasteiger partial charge in [-0.3, -0.25) is 9.69 Å². The summed E-state index contributed by atoms with van der Waals surface area (Å²) >= 11 is 0. The van der Waals surface area contributed by atoms with Gasteiger partial charge in [0.05, 0.1) is 23.7 Å². The zero-order valence-electron chi connectivity index (χ0n) is 21.8. The Bertz CT molecular complexity index is 1490. The van der Waals surface area contributed by atoms with Crippen molar-refractivity contribution in [3.8, 4) is 22.5 Å². The van der Waals surface area contributed by atoms with Crippen molar-refractivity contribution < 1.29 is 24.0 Å². The molecule has 2 fully saturated rings. The number of aliphatic carboxylic acids is 1. The highest BCUT2D eigenvalue weighted by molar-refractivity contribution is 5.85. The number of aromatic nitrogens is 1. The summed E-state index contributed by atoms with van der Waals surface area (Å²) in [5.41, 5.74) is 5.96. The Balaban J connectivity index is 1.23. The summed E-state index contributed by atoms with van der Waals surface area (Å²) in [5.74, 6) is -0.0912. The lowest BCUT2D eigenvalue weighted by molar-refractivity contribution is -0.140. The Morgan fingerprint density at radius 1 is 0.974 bits per heavy atom. The van der Waals surface area contributed by atoms with E-state index in [1.54, 1.807) is 4.90 Å². The van der Waals surface area contributed by atoms with Crippen molar-refractivity contribution in [1.29, 1.82) is 0 Å². The number of benzene rings is 3. The van der Waals surface area contributed by atoms with E-state index >= 15 is 0 Å². The summed E-state index contributed by atoms with van der Waals surface area (Å²) in [5, 5.41) is 13.9. The molecule has 0 spiro atoms. The molecule has 3 aromatic carbocycles. The maximum absolute atomic E-state index is 12.7. The average Bonchev–Trinajstić information content (AvgIpc) is 3.59. The lowest BCUT2D eigenvalue weighted by atomic mass is 9.93.